The lowest BCUT2D eigenvalue weighted by Gasteiger charge is -2.26. The van der Waals surface area contributed by atoms with Crippen molar-refractivity contribution in [3.63, 3.8) is 0 Å². The van der Waals surface area contributed by atoms with Crippen LogP contribution in [0.15, 0.2) is 41.2 Å². The number of rotatable bonds is 6. The Morgan fingerprint density at radius 2 is 1.89 bits per heavy atom. The molecule has 150 valence electrons. The van der Waals surface area contributed by atoms with Gasteiger partial charge in [-0.25, -0.2) is 4.68 Å². The Morgan fingerprint density at radius 3 is 2.50 bits per heavy atom. The van der Waals surface area contributed by atoms with Gasteiger partial charge in [0.25, 0.3) is 5.56 Å². The van der Waals surface area contributed by atoms with Gasteiger partial charge in [0.05, 0.1) is 12.5 Å². The van der Waals surface area contributed by atoms with E-state index in [0.717, 1.165) is 36.8 Å². The average molecular weight is 405 g/mol. The van der Waals surface area contributed by atoms with Crippen LogP contribution in [0, 0.1) is 5.92 Å². The third-order valence-corrected chi connectivity index (χ3v) is 5.18. The predicted octanol–water partition coefficient (Wildman–Crippen LogP) is 3.49. The van der Waals surface area contributed by atoms with E-state index in [1.54, 1.807) is 0 Å². The van der Waals surface area contributed by atoms with Gasteiger partial charge in [-0.05, 0) is 36.0 Å². The summed E-state index contributed by atoms with van der Waals surface area (Å²) in [4.78, 5) is 24.7. The molecular formula is C21H25ClN2O4. The summed E-state index contributed by atoms with van der Waals surface area (Å²) in [5, 5.41) is 14.2. The van der Waals surface area contributed by atoms with Gasteiger partial charge >= 0.3 is 5.97 Å². The van der Waals surface area contributed by atoms with Gasteiger partial charge in [0.1, 0.15) is 5.15 Å². The number of aliphatic hydroxyl groups is 1. The molecule has 1 aliphatic rings. The number of nitrogens with zero attached hydrogens (tertiary/aromatic N) is 2. The van der Waals surface area contributed by atoms with E-state index in [-0.39, 0.29) is 16.6 Å². The Kier molecular flexibility index (Phi) is 6.20. The first-order chi connectivity index (χ1) is 13.2. The van der Waals surface area contributed by atoms with E-state index in [1.807, 2.05) is 24.3 Å². The van der Waals surface area contributed by atoms with Crippen LogP contribution < -0.4 is 5.56 Å². The molecule has 1 atom stereocenters. The molecule has 1 saturated carbocycles. The van der Waals surface area contributed by atoms with Crippen LogP contribution in [0.4, 0.5) is 0 Å². The number of benzene rings is 1. The van der Waals surface area contributed by atoms with Crippen LogP contribution in [0.2, 0.25) is 5.15 Å². The van der Waals surface area contributed by atoms with Gasteiger partial charge in [-0.2, -0.15) is 5.10 Å². The Hall–Kier alpha value is -2.18. The Labute approximate surface area is 169 Å². The minimum absolute atomic E-state index is 0.206. The Balaban J connectivity index is 1.82. The topological polar surface area (TPSA) is 81.4 Å². The standard InChI is InChI=1S/C21H25ClN2O4/c1-21(2,27)28-20(26)19(15-5-3-4-6-15)16-9-7-14(8-10-16)13-24-18(25)12-11-17(22)23-24/h7-12,15,19,27H,3-6,13H2,1-2H3. The van der Waals surface area contributed by atoms with Crippen LogP contribution in [0.3, 0.4) is 0 Å². The molecular weight excluding hydrogens is 380 g/mol. The summed E-state index contributed by atoms with van der Waals surface area (Å²) < 4.78 is 6.57. The first-order valence-corrected chi connectivity index (χ1v) is 9.88. The summed E-state index contributed by atoms with van der Waals surface area (Å²) in [6, 6.07) is 10.4. The quantitative estimate of drug-likeness (QED) is 0.588. The fraction of sp³-hybridized carbons (Fsp3) is 0.476. The molecule has 6 nitrogen and oxygen atoms in total. The monoisotopic (exact) mass is 404 g/mol. The SMILES string of the molecule is CC(C)(O)OC(=O)C(c1ccc(Cn2nc(Cl)ccc2=O)cc1)C1CCCC1. The molecule has 1 aromatic heterocycles. The zero-order valence-corrected chi connectivity index (χ0v) is 16.9. The third-order valence-electron chi connectivity index (χ3n) is 4.98. The van der Waals surface area contributed by atoms with E-state index in [0.29, 0.717) is 6.54 Å². The molecule has 28 heavy (non-hydrogen) atoms. The Bertz CT molecular complexity index is 881. The molecule has 1 unspecified atom stereocenters. The van der Waals surface area contributed by atoms with E-state index in [1.165, 1.54) is 30.7 Å². The number of hydrogen-bond acceptors (Lipinski definition) is 5. The van der Waals surface area contributed by atoms with E-state index < -0.39 is 17.7 Å². The maximum Gasteiger partial charge on any atom is 0.316 e. The molecule has 0 spiro atoms. The second kappa shape index (κ2) is 8.45. The first-order valence-electron chi connectivity index (χ1n) is 9.51. The number of hydrogen-bond donors (Lipinski definition) is 1. The van der Waals surface area contributed by atoms with Crippen molar-refractivity contribution in [2.75, 3.05) is 0 Å². The fourth-order valence-corrected chi connectivity index (χ4v) is 3.90. The van der Waals surface area contributed by atoms with Gasteiger partial charge in [-0.1, -0.05) is 48.7 Å². The van der Waals surface area contributed by atoms with Crippen molar-refractivity contribution < 1.29 is 14.6 Å². The van der Waals surface area contributed by atoms with Crippen molar-refractivity contribution in [2.45, 2.75) is 57.8 Å². The second-order valence-corrected chi connectivity index (χ2v) is 8.17. The van der Waals surface area contributed by atoms with Crippen LogP contribution in [0.1, 0.15) is 56.6 Å². The first kappa shape index (κ1) is 20.6. The van der Waals surface area contributed by atoms with Gasteiger partial charge in [-0.3, -0.25) is 9.59 Å². The largest absolute Gasteiger partial charge is 0.433 e. The smallest absolute Gasteiger partial charge is 0.316 e. The molecule has 1 aliphatic carbocycles. The van der Waals surface area contributed by atoms with E-state index in [4.69, 9.17) is 16.3 Å². The van der Waals surface area contributed by atoms with Crippen molar-refractivity contribution in [3.8, 4) is 0 Å². The lowest BCUT2D eigenvalue weighted by atomic mass is 9.84. The van der Waals surface area contributed by atoms with E-state index in [2.05, 4.69) is 5.10 Å². The highest BCUT2D eigenvalue weighted by molar-refractivity contribution is 6.29. The van der Waals surface area contributed by atoms with Crippen LogP contribution in [-0.2, 0) is 16.1 Å². The molecule has 1 aromatic carbocycles. The molecule has 0 aliphatic heterocycles. The van der Waals surface area contributed by atoms with Crippen LogP contribution in [-0.4, -0.2) is 26.6 Å². The molecule has 0 bridgehead atoms. The zero-order valence-electron chi connectivity index (χ0n) is 16.1. The van der Waals surface area contributed by atoms with Gasteiger partial charge < -0.3 is 9.84 Å². The summed E-state index contributed by atoms with van der Waals surface area (Å²) in [5.74, 6) is -2.11. The lowest BCUT2D eigenvalue weighted by Crippen LogP contribution is -2.32. The van der Waals surface area contributed by atoms with Crippen LogP contribution in [0.25, 0.3) is 0 Å². The maximum atomic E-state index is 12.8. The van der Waals surface area contributed by atoms with Crippen molar-refractivity contribution in [2.24, 2.45) is 5.92 Å². The Morgan fingerprint density at radius 1 is 1.25 bits per heavy atom. The molecule has 0 amide bonds. The number of ether oxygens (including phenoxy) is 1. The highest BCUT2D eigenvalue weighted by Gasteiger charge is 2.35. The molecule has 1 heterocycles. The predicted molar refractivity (Wildman–Crippen MR) is 106 cm³/mol. The zero-order chi connectivity index (χ0) is 20.3. The molecule has 1 fully saturated rings. The highest BCUT2D eigenvalue weighted by atomic mass is 35.5. The number of carbonyl (C=O) groups excluding carboxylic acids is 1. The van der Waals surface area contributed by atoms with Gasteiger partial charge in [0.15, 0.2) is 0 Å². The van der Waals surface area contributed by atoms with Crippen molar-refractivity contribution in [1.82, 2.24) is 9.78 Å². The maximum absolute atomic E-state index is 12.8. The molecule has 3 rings (SSSR count). The van der Waals surface area contributed by atoms with Crippen LogP contribution in [0.5, 0.6) is 0 Å². The van der Waals surface area contributed by atoms with Gasteiger partial charge in [-0.15, -0.1) is 0 Å². The number of halogens is 1. The normalized spacial score (nSPS) is 16.1. The molecule has 0 saturated heterocycles. The lowest BCUT2D eigenvalue weighted by molar-refractivity contribution is -0.197. The van der Waals surface area contributed by atoms with Gasteiger partial charge in [0.2, 0.25) is 5.79 Å². The molecule has 0 radical (unpaired) electrons. The van der Waals surface area contributed by atoms with Crippen molar-refractivity contribution in [1.29, 1.82) is 0 Å². The van der Waals surface area contributed by atoms with Gasteiger partial charge in [0, 0.05) is 19.9 Å². The molecule has 2 aromatic rings. The van der Waals surface area contributed by atoms with Crippen molar-refractivity contribution in [3.05, 3.63) is 63.0 Å². The number of esters is 1. The summed E-state index contributed by atoms with van der Waals surface area (Å²) in [6.07, 6.45) is 4.13. The summed E-state index contributed by atoms with van der Waals surface area (Å²) >= 11 is 5.87. The fourth-order valence-electron chi connectivity index (χ4n) is 3.74. The second-order valence-electron chi connectivity index (χ2n) is 7.78. The van der Waals surface area contributed by atoms with Crippen LogP contribution >= 0.6 is 11.6 Å². The summed E-state index contributed by atoms with van der Waals surface area (Å²) in [7, 11) is 0. The third kappa shape index (κ3) is 5.20. The minimum Gasteiger partial charge on any atom is -0.433 e. The molecule has 7 heteroatoms. The number of carbonyl (C=O) groups is 1. The summed E-state index contributed by atoms with van der Waals surface area (Å²) in [6.45, 7) is 3.20. The number of aromatic nitrogens is 2. The van der Waals surface area contributed by atoms with Crippen molar-refractivity contribution >= 4 is 17.6 Å². The summed E-state index contributed by atoms with van der Waals surface area (Å²) in [5.41, 5.74) is 1.50. The van der Waals surface area contributed by atoms with E-state index >= 15 is 0 Å². The molecule has 1 N–H and O–H groups in total. The van der Waals surface area contributed by atoms with E-state index in [9.17, 15) is 14.7 Å². The highest BCUT2D eigenvalue weighted by Crippen LogP contribution is 2.38. The average Bonchev–Trinajstić information content (AvgIpc) is 3.12. The minimum atomic E-state index is -1.51.